The Balaban J connectivity index is 1.54. The van der Waals surface area contributed by atoms with Gasteiger partial charge in [-0.1, -0.05) is 25.5 Å². The van der Waals surface area contributed by atoms with Crippen LogP contribution < -0.4 is 0 Å². The van der Waals surface area contributed by atoms with Gasteiger partial charge in [0.1, 0.15) is 11.0 Å². The molecular weight excluding hydrogens is 442 g/mol. The van der Waals surface area contributed by atoms with Gasteiger partial charge in [0.25, 0.3) is 0 Å². The van der Waals surface area contributed by atoms with Crippen molar-refractivity contribution in [2.45, 2.75) is 59.0 Å². The number of thiazole rings is 1. The maximum absolute atomic E-state index is 13.1. The van der Waals surface area contributed by atoms with Crippen molar-refractivity contribution in [2.24, 2.45) is 34.5 Å². The third-order valence-electron chi connectivity index (χ3n) is 9.04. The van der Waals surface area contributed by atoms with Gasteiger partial charge in [0.2, 0.25) is 0 Å². The summed E-state index contributed by atoms with van der Waals surface area (Å²) in [5, 5.41) is -0.0203. The largest absolute Gasteiger partial charge is 0.457 e. The second-order valence-electron chi connectivity index (χ2n) is 10.4. The van der Waals surface area contributed by atoms with E-state index in [-0.39, 0.29) is 57.5 Å². The number of hydrogen-bond acceptors (Lipinski definition) is 6. The second-order valence-corrected chi connectivity index (χ2v) is 11.7. The second kappa shape index (κ2) is 7.66. The lowest BCUT2D eigenvalue weighted by molar-refractivity contribution is -0.126. The highest BCUT2D eigenvalue weighted by atomic mass is 32.1. The normalized spacial score (nSPS) is 40.2. The summed E-state index contributed by atoms with van der Waals surface area (Å²) < 4.78 is 6.22. The van der Waals surface area contributed by atoms with Crippen LogP contribution in [0.3, 0.4) is 0 Å². The first kappa shape index (κ1) is 22.1. The van der Waals surface area contributed by atoms with Crippen LogP contribution >= 0.6 is 24.0 Å². The number of hydrogen-bond donors (Lipinski definition) is 1. The molecule has 0 bridgehead atoms. The Morgan fingerprint density at radius 2 is 2.00 bits per heavy atom. The minimum Gasteiger partial charge on any atom is -0.457 e. The van der Waals surface area contributed by atoms with Crippen molar-refractivity contribution in [3.63, 3.8) is 0 Å². The molecule has 0 unspecified atom stereocenters. The van der Waals surface area contributed by atoms with Gasteiger partial charge in [-0.05, 0) is 62.0 Å². The SMILES string of the molecule is Cc1ncsc1C(=O)O[C@@H]1CC2=CC(=O)C=C[C@]2(C)[C@H]2CC[C@]3(C)[C@@H](C(=O)S)CC[C@H]3[C@H]12. The highest BCUT2D eigenvalue weighted by molar-refractivity contribution is 7.96. The number of fused-ring (bicyclic) bond motifs is 5. The van der Waals surface area contributed by atoms with E-state index in [1.54, 1.807) is 17.7 Å². The number of aromatic nitrogens is 1. The van der Waals surface area contributed by atoms with Crippen LogP contribution in [0, 0.1) is 41.4 Å². The fourth-order valence-electron chi connectivity index (χ4n) is 7.36. The summed E-state index contributed by atoms with van der Waals surface area (Å²) >= 11 is 5.53. The highest BCUT2D eigenvalue weighted by Gasteiger charge is 2.62. The quantitative estimate of drug-likeness (QED) is 0.498. The molecule has 0 amide bonds. The minimum atomic E-state index is -0.331. The number of esters is 1. The van der Waals surface area contributed by atoms with Crippen molar-refractivity contribution in [1.29, 1.82) is 0 Å². The molecule has 7 atom stereocenters. The summed E-state index contributed by atoms with van der Waals surface area (Å²) in [6, 6.07) is 0. The maximum atomic E-state index is 13.1. The van der Waals surface area contributed by atoms with Crippen molar-refractivity contribution in [3.05, 3.63) is 39.9 Å². The molecule has 0 N–H and O–H groups in total. The summed E-state index contributed by atoms with van der Waals surface area (Å²) in [5.74, 6) is 0.309. The van der Waals surface area contributed by atoms with Gasteiger partial charge in [0, 0.05) is 23.7 Å². The summed E-state index contributed by atoms with van der Waals surface area (Å²) in [7, 11) is 0. The average molecular weight is 472 g/mol. The third kappa shape index (κ3) is 3.18. The number of allylic oxidation sites excluding steroid dienone is 3. The molecule has 0 radical (unpaired) electrons. The van der Waals surface area contributed by atoms with E-state index in [0.29, 0.717) is 17.0 Å². The Labute approximate surface area is 198 Å². The third-order valence-corrected chi connectivity index (χ3v) is 10.3. The van der Waals surface area contributed by atoms with Crippen molar-refractivity contribution in [1.82, 2.24) is 4.98 Å². The Bertz CT molecular complexity index is 1060. The summed E-state index contributed by atoms with van der Waals surface area (Å²) in [6.45, 7) is 6.28. The Hall–Kier alpha value is -1.73. The first-order chi connectivity index (χ1) is 15.1. The number of carbonyl (C=O) groups excluding carboxylic acids is 3. The highest BCUT2D eigenvalue weighted by Crippen LogP contribution is 2.66. The number of carbonyl (C=O) groups is 3. The predicted molar refractivity (Wildman–Crippen MR) is 126 cm³/mol. The van der Waals surface area contributed by atoms with Crippen LogP contribution in [0.25, 0.3) is 0 Å². The van der Waals surface area contributed by atoms with E-state index in [2.05, 4.69) is 37.5 Å². The van der Waals surface area contributed by atoms with Gasteiger partial charge in [0.05, 0.1) is 11.2 Å². The molecular formula is C25H29NO4S2. The molecule has 0 aliphatic heterocycles. The standard InChI is InChI=1S/C25H29NO4S2/c1-13-21(32-12-26-13)22(28)30-19-11-14-10-15(27)6-8-24(14,2)17-7-9-25(3)16(20(17)19)4-5-18(25)23(29)31/h6,8,10,12,16-20H,4-5,7,9,11H2,1-3H3,(H,29,31)/t16-,17-,18+,19+,20-,24-,25-/m0/s1. The fraction of sp³-hybridized carbons (Fsp3) is 0.600. The van der Waals surface area contributed by atoms with Gasteiger partial charge in [-0.15, -0.1) is 24.0 Å². The van der Waals surface area contributed by atoms with E-state index in [9.17, 15) is 14.4 Å². The van der Waals surface area contributed by atoms with E-state index in [1.807, 2.05) is 6.92 Å². The van der Waals surface area contributed by atoms with Gasteiger partial charge < -0.3 is 4.74 Å². The first-order valence-corrected chi connectivity index (χ1v) is 12.8. The van der Waals surface area contributed by atoms with Crippen LogP contribution in [0.2, 0.25) is 0 Å². The monoisotopic (exact) mass is 471 g/mol. The zero-order chi connectivity index (χ0) is 22.8. The molecule has 4 aliphatic carbocycles. The molecule has 5 nitrogen and oxygen atoms in total. The van der Waals surface area contributed by atoms with Crippen LogP contribution in [0.4, 0.5) is 0 Å². The van der Waals surface area contributed by atoms with Crippen LogP contribution in [-0.2, 0) is 14.3 Å². The predicted octanol–water partition coefficient (Wildman–Crippen LogP) is 4.97. The minimum absolute atomic E-state index is 0.00144. The van der Waals surface area contributed by atoms with Crippen LogP contribution in [0.5, 0.6) is 0 Å². The molecule has 170 valence electrons. The summed E-state index contributed by atoms with van der Waals surface area (Å²) in [5.41, 5.74) is 3.07. The van der Waals surface area contributed by atoms with Crippen LogP contribution in [-0.4, -0.2) is 28.0 Å². The Morgan fingerprint density at radius 3 is 2.69 bits per heavy atom. The van der Waals surface area contributed by atoms with E-state index < -0.39 is 0 Å². The molecule has 1 heterocycles. The number of ketones is 1. The van der Waals surface area contributed by atoms with E-state index in [4.69, 9.17) is 4.74 Å². The molecule has 32 heavy (non-hydrogen) atoms. The number of nitrogens with zero attached hydrogens (tertiary/aromatic N) is 1. The van der Waals surface area contributed by atoms with Crippen molar-refractivity contribution in [2.75, 3.05) is 0 Å². The lowest BCUT2D eigenvalue weighted by Crippen LogP contribution is -2.55. The van der Waals surface area contributed by atoms with Gasteiger partial charge in [-0.25, -0.2) is 9.78 Å². The molecule has 1 aromatic heterocycles. The molecule has 3 fully saturated rings. The van der Waals surface area contributed by atoms with Crippen molar-refractivity contribution >= 4 is 40.8 Å². The maximum Gasteiger partial charge on any atom is 0.350 e. The molecule has 7 heteroatoms. The lowest BCUT2D eigenvalue weighted by Gasteiger charge is -2.58. The summed E-state index contributed by atoms with van der Waals surface area (Å²) in [4.78, 5) is 42.4. The van der Waals surface area contributed by atoms with Crippen molar-refractivity contribution in [3.8, 4) is 0 Å². The van der Waals surface area contributed by atoms with E-state index in [0.717, 1.165) is 31.3 Å². The van der Waals surface area contributed by atoms with Gasteiger partial charge in [-0.2, -0.15) is 0 Å². The van der Waals surface area contributed by atoms with Gasteiger partial charge >= 0.3 is 5.97 Å². The zero-order valence-electron chi connectivity index (χ0n) is 18.7. The van der Waals surface area contributed by atoms with Crippen LogP contribution in [0.15, 0.2) is 29.3 Å². The van der Waals surface area contributed by atoms with Gasteiger partial charge in [0.15, 0.2) is 10.9 Å². The number of thiol groups is 1. The lowest BCUT2D eigenvalue weighted by atomic mass is 9.47. The van der Waals surface area contributed by atoms with Crippen molar-refractivity contribution < 1.29 is 19.1 Å². The molecule has 3 saturated carbocycles. The van der Waals surface area contributed by atoms with E-state index in [1.165, 1.54) is 11.3 Å². The zero-order valence-corrected chi connectivity index (χ0v) is 20.4. The Kier molecular flexibility index (Phi) is 5.28. The first-order valence-electron chi connectivity index (χ1n) is 11.4. The fourth-order valence-corrected chi connectivity index (χ4v) is 8.47. The molecule has 1 aromatic rings. The summed E-state index contributed by atoms with van der Waals surface area (Å²) in [6.07, 6.45) is 9.44. The Morgan fingerprint density at radius 1 is 1.22 bits per heavy atom. The number of aryl methyl sites for hydroxylation is 1. The number of rotatable bonds is 3. The topological polar surface area (TPSA) is 73.3 Å². The molecule has 0 spiro atoms. The molecule has 5 rings (SSSR count). The molecule has 0 aromatic carbocycles. The molecule has 4 aliphatic rings. The average Bonchev–Trinajstić information content (AvgIpc) is 3.31. The van der Waals surface area contributed by atoms with Crippen LogP contribution in [0.1, 0.15) is 61.3 Å². The molecule has 0 saturated heterocycles. The van der Waals surface area contributed by atoms with E-state index >= 15 is 0 Å². The van der Waals surface area contributed by atoms with Gasteiger partial charge in [-0.3, -0.25) is 9.59 Å². The number of ether oxygens (including phenoxy) is 1. The smallest absolute Gasteiger partial charge is 0.350 e.